The quantitative estimate of drug-likeness (QED) is 0.156. The maximum Gasteiger partial charge on any atom is 0.306 e. The second kappa shape index (κ2) is 14.7. The van der Waals surface area contributed by atoms with Crippen molar-refractivity contribution in [3.8, 4) is 17.5 Å². The number of anilines is 3. The molecule has 0 bridgehead atoms. The van der Waals surface area contributed by atoms with Crippen LogP contribution in [0, 0.1) is 23.7 Å². The highest BCUT2D eigenvalue weighted by atomic mass is 16.5. The van der Waals surface area contributed by atoms with Gasteiger partial charge in [-0.05, 0) is 79.0 Å². The van der Waals surface area contributed by atoms with Gasteiger partial charge < -0.3 is 19.0 Å². The molecule has 4 aliphatic rings. The van der Waals surface area contributed by atoms with Crippen molar-refractivity contribution in [1.29, 1.82) is 0 Å². The second-order valence-corrected chi connectivity index (χ2v) is 17.4. The first-order valence-electron chi connectivity index (χ1n) is 21.5. The van der Waals surface area contributed by atoms with E-state index in [4.69, 9.17) is 14.1 Å². The molecule has 2 aromatic heterocycles. The van der Waals surface area contributed by atoms with Crippen molar-refractivity contribution >= 4 is 38.9 Å². The molecule has 0 amide bonds. The maximum absolute atomic E-state index is 6.74. The van der Waals surface area contributed by atoms with Crippen LogP contribution >= 0.6 is 0 Å². The summed E-state index contributed by atoms with van der Waals surface area (Å²) in [4.78, 5) is 10.2. The molecule has 4 aromatic carbocycles. The Bertz CT molecular complexity index is 2250. The normalized spacial score (nSPS) is 22.6. The Labute approximate surface area is 326 Å². The molecular weight excluding hydrogens is 677 g/mol. The van der Waals surface area contributed by atoms with E-state index in [0.717, 1.165) is 64.0 Å². The molecule has 2 unspecified atom stereocenters. The highest BCUT2D eigenvalue weighted by Crippen LogP contribution is 2.52. The van der Waals surface area contributed by atoms with Crippen LogP contribution in [-0.4, -0.2) is 22.3 Å². The summed E-state index contributed by atoms with van der Waals surface area (Å²) in [5.41, 5.74) is 6.02. The topological polar surface area (TPSA) is 46.7 Å². The maximum atomic E-state index is 6.74. The Morgan fingerprint density at radius 1 is 0.636 bits per heavy atom. The summed E-state index contributed by atoms with van der Waals surface area (Å²) in [6.45, 7) is 5.17. The number of hydrogen-bond donors (Lipinski definition) is 0. The summed E-state index contributed by atoms with van der Waals surface area (Å²) in [6.07, 6.45) is 20.3. The van der Waals surface area contributed by atoms with E-state index < -0.39 is 0 Å². The van der Waals surface area contributed by atoms with Crippen molar-refractivity contribution in [1.82, 2.24) is 9.55 Å². The summed E-state index contributed by atoms with van der Waals surface area (Å²) in [7, 11) is 0. The molecule has 55 heavy (non-hydrogen) atoms. The van der Waals surface area contributed by atoms with Crippen molar-refractivity contribution in [2.24, 2.45) is 23.7 Å². The molecule has 3 heterocycles. The Hall–Kier alpha value is -4.71. The van der Waals surface area contributed by atoms with E-state index in [9.17, 15) is 0 Å². The van der Waals surface area contributed by atoms with Gasteiger partial charge in [0.2, 0.25) is 0 Å². The van der Waals surface area contributed by atoms with Crippen LogP contribution in [0.2, 0.25) is 0 Å². The average molecular weight is 733 g/mol. The van der Waals surface area contributed by atoms with Gasteiger partial charge in [0.25, 0.3) is 0 Å². The van der Waals surface area contributed by atoms with Gasteiger partial charge in [-0.15, -0.1) is 0 Å². The molecule has 6 aromatic rings. The van der Waals surface area contributed by atoms with Crippen molar-refractivity contribution in [3.63, 3.8) is 0 Å². The summed E-state index contributed by atoms with van der Waals surface area (Å²) < 4.78 is 15.2. The molecule has 284 valence electrons. The summed E-state index contributed by atoms with van der Waals surface area (Å²) in [6, 6.07) is 34.1. The zero-order chi connectivity index (χ0) is 36.9. The molecule has 0 saturated heterocycles. The molecular formula is C49H56N4O2. The van der Waals surface area contributed by atoms with E-state index in [0.29, 0.717) is 12.1 Å². The lowest BCUT2D eigenvalue weighted by Crippen LogP contribution is -2.53. The monoisotopic (exact) mass is 732 g/mol. The Morgan fingerprint density at radius 3 is 2.04 bits per heavy atom. The number of nitrogens with zero attached hydrogens (tertiary/aromatic N) is 4. The summed E-state index contributed by atoms with van der Waals surface area (Å²) in [5.74, 6) is 6.11. The van der Waals surface area contributed by atoms with Gasteiger partial charge in [-0.3, -0.25) is 4.57 Å². The highest BCUT2D eigenvalue weighted by molar-refractivity contribution is 6.09. The van der Waals surface area contributed by atoms with Crippen LogP contribution in [0.25, 0.3) is 27.8 Å². The number of hydrogen-bond acceptors (Lipinski definition) is 5. The SMILES string of the molecule is CC(C)c1cnc(-n2c3ccccc3c3ccc(Oc4cccc(N5CN(C6C(C7CCCCC7)CCCC6C6CCCCC6)c6ccccc65)c4)cc32)o1. The number of para-hydroxylation sites is 3. The van der Waals surface area contributed by atoms with E-state index in [1.807, 2.05) is 6.20 Å². The minimum absolute atomic E-state index is 0.259. The largest absolute Gasteiger partial charge is 0.457 e. The molecule has 0 radical (unpaired) electrons. The third-order valence-corrected chi connectivity index (χ3v) is 13.9. The molecule has 6 heteroatoms. The molecule has 2 atom stereocenters. The molecule has 3 saturated carbocycles. The Balaban J connectivity index is 0.977. The number of ether oxygens (including phenoxy) is 1. The van der Waals surface area contributed by atoms with Gasteiger partial charge in [0, 0.05) is 40.6 Å². The van der Waals surface area contributed by atoms with Crippen LogP contribution in [0.5, 0.6) is 11.5 Å². The highest BCUT2D eigenvalue weighted by Gasteiger charge is 2.46. The smallest absolute Gasteiger partial charge is 0.306 e. The fourth-order valence-corrected chi connectivity index (χ4v) is 11.3. The molecule has 6 nitrogen and oxygen atoms in total. The average Bonchev–Trinajstić information content (AvgIpc) is 3.96. The summed E-state index contributed by atoms with van der Waals surface area (Å²) in [5, 5.41) is 2.32. The predicted octanol–water partition coefficient (Wildman–Crippen LogP) is 13.5. The van der Waals surface area contributed by atoms with Gasteiger partial charge >= 0.3 is 6.01 Å². The van der Waals surface area contributed by atoms with Gasteiger partial charge in [-0.25, -0.2) is 4.98 Å². The first-order chi connectivity index (χ1) is 27.1. The molecule has 3 fully saturated rings. The predicted molar refractivity (Wildman–Crippen MR) is 225 cm³/mol. The van der Waals surface area contributed by atoms with Crippen LogP contribution < -0.4 is 14.5 Å². The van der Waals surface area contributed by atoms with E-state index >= 15 is 0 Å². The molecule has 1 aliphatic heterocycles. The first kappa shape index (κ1) is 34.8. The Kier molecular flexibility index (Phi) is 9.32. The number of oxazole rings is 1. The molecule has 10 rings (SSSR count). The van der Waals surface area contributed by atoms with Crippen LogP contribution in [0.15, 0.2) is 102 Å². The van der Waals surface area contributed by atoms with Crippen LogP contribution in [0.4, 0.5) is 17.1 Å². The number of benzene rings is 4. The van der Waals surface area contributed by atoms with E-state index in [1.165, 1.54) is 106 Å². The number of fused-ring (bicyclic) bond motifs is 4. The first-order valence-corrected chi connectivity index (χ1v) is 21.5. The van der Waals surface area contributed by atoms with Gasteiger partial charge in [0.15, 0.2) is 0 Å². The number of aromatic nitrogens is 2. The molecule has 0 N–H and O–H groups in total. The third-order valence-electron chi connectivity index (χ3n) is 13.9. The summed E-state index contributed by atoms with van der Waals surface area (Å²) >= 11 is 0. The third kappa shape index (κ3) is 6.39. The van der Waals surface area contributed by atoms with Crippen LogP contribution in [0.1, 0.15) is 109 Å². The minimum atomic E-state index is 0.259. The van der Waals surface area contributed by atoms with E-state index in [2.05, 4.69) is 119 Å². The van der Waals surface area contributed by atoms with Crippen molar-refractivity contribution in [2.75, 3.05) is 16.5 Å². The standard InChI is InChI=1S/C49H56N4O2/c1-33(2)47-31-50-49(55-47)53-43-24-10-9-21-41(43)42-28-27-38(30-46(42)53)54-37-20-13-19-36(29-37)51-32-52(45-26-12-11-25-44(45)51)48-39(34-15-5-3-6-16-34)22-14-23-40(48)35-17-7-4-8-18-35/h9-13,19-21,24-31,33-35,39-40,48H,3-8,14-18,22-23,32H2,1-2H3. The zero-order valence-corrected chi connectivity index (χ0v) is 32.7. The van der Waals surface area contributed by atoms with Crippen LogP contribution in [-0.2, 0) is 0 Å². The van der Waals surface area contributed by atoms with Gasteiger partial charge in [-0.1, -0.05) is 121 Å². The lowest BCUT2D eigenvalue weighted by Gasteiger charge is -2.51. The van der Waals surface area contributed by atoms with Crippen LogP contribution in [0.3, 0.4) is 0 Å². The van der Waals surface area contributed by atoms with Gasteiger partial charge in [-0.2, -0.15) is 0 Å². The second-order valence-electron chi connectivity index (χ2n) is 17.4. The van der Waals surface area contributed by atoms with E-state index in [-0.39, 0.29) is 5.92 Å². The van der Waals surface area contributed by atoms with Crippen molar-refractivity contribution < 1.29 is 9.15 Å². The van der Waals surface area contributed by atoms with Crippen molar-refractivity contribution in [2.45, 2.75) is 109 Å². The van der Waals surface area contributed by atoms with Gasteiger partial charge in [0.1, 0.15) is 17.3 Å². The fraction of sp³-hybridized carbons (Fsp3) is 0.449. The lowest BCUT2D eigenvalue weighted by molar-refractivity contribution is 0.0797. The minimum Gasteiger partial charge on any atom is -0.457 e. The van der Waals surface area contributed by atoms with E-state index in [1.54, 1.807) is 0 Å². The molecule has 0 spiro atoms. The Morgan fingerprint density at radius 2 is 1.31 bits per heavy atom. The zero-order valence-electron chi connectivity index (χ0n) is 32.7. The van der Waals surface area contributed by atoms with Crippen molar-refractivity contribution in [3.05, 3.63) is 103 Å². The van der Waals surface area contributed by atoms with Gasteiger partial charge in [0.05, 0.1) is 35.3 Å². The fourth-order valence-electron chi connectivity index (χ4n) is 11.3. The number of rotatable bonds is 8. The lowest BCUT2D eigenvalue weighted by atomic mass is 9.62. The molecule has 3 aliphatic carbocycles.